The van der Waals surface area contributed by atoms with E-state index in [1.807, 2.05) is 24.3 Å². The Labute approximate surface area is 199 Å². The second-order valence-corrected chi connectivity index (χ2v) is 8.21. The molecule has 2 amide bonds. The number of benzene rings is 2. The first kappa shape index (κ1) is 23.8. The summed E-state index contributed by atoms with van der Waals surface area (Å²) in [6, 6.07) is 11.0. The van der Waals surface area contributed by atoms with E-state index in [0.29, 0.717) is 42.3 Å². The molecule has 9 nitrogen and oxygen atoms in total. The van der Waals surface area contributed by atoms with Gasteiger partial charge in [0.25, 0.3) is 5.91 Å². The lowest BCUT2D eigenvalue weighted by Gasteiger charge is -2.33. The Balaban J connectivity index is 1.34. The van der Waals surface area contributed by atoms with Gasteiger partial charge in [0.1, 0.15) is 5.75 Å². The predicted octanol–water partition coefficient (Wildman–Crippen LogP) is 2.33. The van der Waals surface area contributed by atoms with E-state index in [-0.39, 0.29) is 18.4 Å². The van der Waals surface area contributed by atoms with Crippen LogP contribution in [0.5, 0.6) is 17.2 Å². The average molecular weight is 470 g/mol. The standard InChI is InChI=1S/C25H31N3O6/c1-31-21-7-3-18(15-23(21)32-2)4-8-24(29)26-19-5-6-20-22(16-19)34-17-25(30)28(20)10-9-27-11-13-33-14-12-27/h3,5-7,15-16H,4,8-14,17H2,1-2H3,(H,26,29). The number of carbonyl (C=O) groups is 2. The van der Waals surface area contributed by atoms with E-state index in [0.717, 1.165) is 44.1 Å². The molecular formula is C25H31N3O6. The van der Waals surface area contributed by atoms with Crippen molar-refractivity contribution in [1.29, 1.82) is 0 Å². The molecule has 1 saturated heterocycles. The molecule has 0 aliphatic carbocycles. The zero-order valence-electron chi connectivity index (χ0n) is 19.7. The molecule has 2 aromatic carbocycles. The van der Waals surface area contributed by atoms with Gasteiger partial charge < -0.3 is 29.2 Å². The van der Waals surface area contributed by atoms with E-state index < -0.39 is 0 Å². The maximum Gasteiger partial charge on any atom is 0.265 e. The van der Waals surface area contributed by atoms with Gasteiger partial charge in [-0.15, -0.1) is 0 Å². The predicted molar refractivity (Wildman–Crippen MR) is 128 cm³/mol. The molecule has 2 heterocycles. The SMILES string of the molecule is COc1ccc(CCC(=O)Nc2ccc3c(c2)OCC(=O)N3CCN2CCOCC2)cc1OC. The van der Waals surface area contributed by atoms with Crippen molar-refractivity contribution in [2.75, 3.05) is 70.4 Å². The summed E-state index contributed by atoms with van der Waals surface area (Å²) in [5, 5.41) is 2.92. The van der Waals surface area contributed by atoms with Crippen molar-refractivity contribution in [2.45, 2.75) is 12.8 Å². The Morgan fingerprint density at radius 1 is 1.03 bits per heavy atom. The third-order valence-electron chi connectivity index (χ3n) is 6.02. The van der Waals surface area contributed by atoms with Gasteiger partial charge in [0, 0.05) is 44.4 Å². The molecule has 0 bridgehead atoms. The number of aryl methyl sites for hydroxylation is 1. The molecule has 0 aromatic heterocycles. The summed E-state index contributed by atoms with van der Waals surface area (Å²) in [6.07, 6.45) is 0.884. The highest BCUT2D eigenvalue weighted by atomic mass is 16.5. The Morgan fingerprint density at radius 2 is 1.82 bits per heavy atom. The van der Waals surface area contributed by atoms with Crippen LogP contribution < -0.4 is 24.4 Å². The molecule has 34 heavy (non-hydrogen) atoms. The fourth-order valence-corrected chi connectivity index (χ4v) is 4.11. The van der Waals surface area contributed by atoms with Crippen molar-refractivity contribution < 1.29 is 28.5 Å². The molecule has 0 spiro atoms. The number of anilines is 2. The number of carbonyl (C=O) groups excluding carboxylic acids is 2. The summed E-state index contributed by atoms with van der Waals surface area (Å²) in [7, 11) is 3.18. The number of fused-ring (bicyclic) bond motifs is 1. The van der Waals surface area contributed by atoms with Crippen LogP contribution in [-0.2, 0) is 20.7 Å². The fraction of sp³-hybridized carbons (Fsp3) is 0.440. The molecule has 2 aliphatic rings. The van der Waals surface area contributed by atoms with Crippen LogP contribution >= 0.6 is 0 Å². The topological polar surface area (TPSA) is 89.6 Å². The molecule has 0 atom stereocenters. The Morgan fingerprint density at radius 3 is 2.59 bits per heavy atom. The van der Waals surface area contributed by atoms with Crippen molar-refractivity contribution in [3.8, 4) is 17.2 Å². The van der Waals surface area contributed by atoms with Crippen LogP contribution in [0.3, 0.4) is 0 Å². The minimum Gasteiger partial charge on any atom is -0.493 e. The van der Waals surface area contributed by atoms with E-state index in [1.54, 1.807) is 31.3 Å². The number of methoxy groups -OCH3 is 2. The summed E-state index contributed by atoms with van der Waals surface area (Å²) in [4.78, 5) is 29.1. The van der Waals surface area contributed by atoms with Gasteiger partial charge in [-0.2, -0.15) is 0 Å². The van der Waals surface area contributed by atoms with Gasteiger partial charge in [-0.3, -0.25) is 14.5 Å². The van der Waals surface area contributed by atoms with Gasteiger partial charge in [-0.05, 0) is 36.2 Å². The van der Waals surface area contributed by atoms with Gasteiger partial charge in [0.15, 0.2) is 18.1 Å². The van der Waals surface area contributed by atoms with Gasteiger partial charge in [-0.25, -0.2) is 0 Å². The third-order valence-corrected chi connectivity index (χ3v) is 6.02. The molecule has 0 saturated carbocycles. The molecule has 0 unspecified atom stereocenters. The highest BCUT2D eigenvalue weighted by Gasteiger charge is 2.26. The Bertz CT molecular complexity index is 1020. The van der Waals surface area contributed by atoms with Crippen LogP contribution in [0.4, 0.5) is 11.4 Å². The largest absolute Gasteiger partial charge is 0.493 e. The van der Waals surface area contributed by atoms with E-state index >= 15 is 0 Å². The number of nitrogens with one attached hydrogen (secondary N) is 1. The van der Waals surface area contributed by atoms with Crippen LogP contribution in [0.1, 0.15) is 12.0 Å². The molecule has 0 radical (unpaired) electrons. The van der Waals surface area contributed by atoms with E-state index in [9.17, 15) is 9.59 Å². The molecule has 2 aliphatic heterocycles. The Kier molecular flexibility index (Phi) is 7.87. The minimum atomic E-state index is -0.106. The zero-order chi connectivity index (χ0) is 23.9. The van der Waals surface area contributed by atoms with Gasteiger partial charge >= 0.3 is 0 Å². The van der Waals surface area contributed by atoms with Crippen LogP contribution in [0.15, 0.2) is 36.4 Å². The molecule has 4 rings (SSSR count). The monoisotopic (exact) mass is 469 g/mol. The molecule has 1 N–H and O–H groups in total. The van der Waals surface area contributed by atoms with Crippen molar-refractivity contribution >= 4 is 23.2 Å². The van der Waals surface area contributed by atoms with Crippen LogP contribution in [-0.4, -0.2) is 76.9 Å². The van der Waals surface area contributed by atoms with Crippen LogP contribution in [0.25, 0.3) is 0 Å². The molecular weight excluding hydrogens is 438 g/mol. The van der Waals surface area contributed by atoms with E-state index in [1.165, 1.54) is 0 Å². The smallest absolute Gasteiger partial charge is 0.265 e. The third kappa shape index (κ3) is 5.78. The normalized spacial score (nSPS) is 15.9. The maximum absolute atomic E-state index is 12.5. The summed E-state index contributed by atoms with van der Waals surface area (Å²) in [6.45, 7) is 4.56. The zero-order valence-corrected chi connectivity index (χ0v) is 19.7. The average Bonchev–Trinajstić information content (AvgIpc) is 2.87. The first-order valence-corrected chi connectivity index (χ1v) is 11.5. The second kappa shape index (κ2) is 11.2. The van der Waals surface area contributed by atoms with Crippen molar-refractivity contribution in [3.05, 3.63) is 42.0 Å². The summed E-state index contributed by atoms with van der Waals surface area (Å²) < 4.78 is 21.6. The number of nitrogens with zero attached hydrogens (tertiary/aromatic N) is 2. The highest BCUT2D eigenvalue weighted by Crippen LogP contribution is 2.34. The number of ether oxygens (including phenoxy) is 4. The molecule has 2 aromatic rings. The van der Waals surface area contributed by atoms with Crippen molar-refractivity contribution in [3.63, 3.8) is 0 Å². The molecule has 1 fully saturated rings. The fourth-order valence-electron chi connectivity index (χ4n) is 4.11. The summed E-state index contributed by atoms with van der Waals surface area (Å²) in [5.74, 6) is 1.72. The first-order chi connectivity index (χ1) is 16.6. The number of hydrogen-bond acceptors (Lipinski definition) is 7. The van der Waals surface area contributed by atoms with E-state index in [4.69, 9.17) is 18.9 Å². The molecule has 9 heteroatoms. The maximum atomic E-state index is 12.5. The minimum absolute atomic E-state index is 0.00713. The van der Waals surface area contributed by atoms with Gasteiger partial charge in [0.05, 0.1) is 33.1 Å². The summed E-state index contributed by atoms with van der Waals surface area (Å²) >= 11 is 0. The first-order valence-electron chi connectivity index (χ1n) is 11.5. The lowest BCUT2D eigenvalue weighted by atomic mass is 10.1. The molecule has 182 valence electrons. The van der Waals surface area contributed by atoms with Gasteiger partial charge in [0.2, 0.25) is 5.91 Å². The number of rotatable bonds is 9. The number of amides is 2. The lowest BCUT2D eigenvalue weighted by molar-refractivity contribution is -0.121. The van der Waals surface area contributed by atoms with E-state index in [2.05, 4.69) is 10.2 Å². The highest BCUT2D eigenvalue weighted by molar-refractivity contribution is 5.99. The van der Waals surface area contributed by atoms with Gasteiger partial charge in [-0.1, -0.05) is 6.07 Å². The van der Waals surface area contributed by atoms with Crippen LogP contribution in [0, 0.1) is 0 Å². The Hall–Kier alpha value is -3.30. The number of morpholine rings is 1. The summed E-state index contributed by atoms with van der Waals surface area (Å²) in [5.41, 5.74) is 2.35. The van der Waals surface area contributed by atoms with Crippen molar-refractivity contribution in [1.82, 2.24) is 4.90 Å². The lowest BCUT2D eigenvalue weighted by Crippen LogP contribution is -2.45. The van der Waals surface area contributed by atoms with Crippen molar-refractivity contribution in [2.24, 2.45) is 0 Å². The number of hydrogen-bond donors (Lipinski definition) is 1. The van der Waals surface area contributed by atoms with Crippen LogP contribution in [0.2, 0.25) is 0 Å². The second-order valence-electron chi connectivity index (χ2n) is 8.21. The quantitative estimate of drug-likeness (QED) is 0.603.